The molecule has 28 heavy (non-hydrogen) atoms. The number of benzene rings is 1. The first-order chi connectivity index (χ1) is 12.9. The highest BCUT2D eigenvalue weighted by Crippen LogP contribution is 2.31. The summed E-state index contributed by atoms with van der Waals surface area (Å²) in [4.78, 5) is 22.1. The zero-order chi connectivity index (χ0) is 21.1. The van der Waals surface area contributed by atoms with Gasteiger partial charge in [0.25, 0.3) is 11.6 Å². The van der Waals surface area contributed by atoms with E-state index in [0.29, 0.717) is 18.5 Å². The van der Waals surface area contributed by atoms with Crippen LogP contribution < -0.4 is 5.32 Å². The average molecular weight is 413 g/mol. The summed E-state index contributed by atoms with van der Waals surface area (Å²) in [7, 11) is 0. The third-order valence-electron chi connectivity index (χ3n) is 4.27. The summed E-state index contributed by atoms with van der Waals surface area (Å²) >= 11 is 0. The first-order valence-electron chi connectivity index (χ1n) is 8.31. The number of nitro benzene ring substituents is 1. The molecule has 0 unspecified atom stereocenters. The van der Waals surface area contributed by atoms with Crippen molar-refractivity contribution in [3.8, 4) is 0 Å². The van der Waals surface area contributed by atoms with E-state index in [4.69, 9.17) is 0 Å². The molecule has 1 amide bonds. The van der Waals surface area contributed by atoms with Crippen molar-refractivity contribution in [1.29, 1.82) is 0 Å². The Hall–Kier alpha value is -2.53. The second kappa shape index (κ2) is 8.23. The number of carbonyl (C=O) groups is 1. The van der Waals surface area contributed by atoms with Gasteiger partial charge in [-0.05, 0) is 30.9 Å². The van der Waals surface area contributed by atoms with Gasteiger partial charge in [0.2, 0.25) is 0 Å². The average Bonchev–Trinajstić information content (AvgIpc) is 2.49. The van der Waals surface area contributed by atoms with Crippen LogP contribution in [0.3, 0.4) is 0 Å². The Balaban J connectivity index is 2.25. The Labute approximate surface area is 155 Å². The molecule has 0 saturated heterocycles. The topological polar surface area (TPSA) is 75.5 Å². The van der Waals surface area contributed by atoms with Crippen molar-refractivity contribution in [2.24, 2.45) is 5.92 Å². The molecule has 6 nitrogen and oxygen atoms in total. The second-order valence-electron chi connectivity index (χ2n) is 6.56. The standard InChI is InChI=1S/C16H17F6N3O3/c17-15(18,19)8-24(9-16(20,21)22)14(26)11-4-5-12(13(6-11)25(27)28)23-7-10-2-1-3-10/h4-6,10,23H,1-3,7-9H2. The zero-order valence-corrected chi connectivity index (χ0v) is 14.4. The summed E-state index contributed by atoms with van der Waals surface area (Å²) in [5.74, 6) is -1.25. The number of anilines is 1. The fourth-order valence-electron chi connectivity index (χ4n) is 2.73. The molecule has 0 radical (unpaired) electrons. The molecule has 0 aliphatic heterocycles. The molecule has 0 atom stereocenters. The number of nitrogens with zero attached hydrogens (tertiary/aromatic N) is 2. The molecule has 156 valence electrons. The lowest BCUT2D eigenvalue weighted by molar-refractivity contribution is -0.384. The van der Waals surface area contributed by atoms with E-state index in [1.165, 1.54) is 0 Å². The molecule has 1 fully saturated rings. The zero-order valence-electron chi connectivity index (χ0n) is 14.4. The molecular formula is C16H17F6N3O3. The molecular weight excluding hydrogens is 396 g/mol. The fourth-order valence-corrected chi connectivity index (χ4v) is 2.73. The second-order valence-corrected chi connectivity index (χ2v) is 6.56. The van der Waals surface area contributed by atoms with Crippen LogP contribution in [0.2, 0.25) is 0 Å². The first kappa shape index (κ1) is 21.8. The van der Waals surface area contributed by atoms with Crippen molar-refractivity contribution in [3.05, 3.63) is 33.9 Å². The van der Waals surface area contributed by atoms with Gasteiger partial charge in [-0.25, -0.2) is 0 Å². The van der Waals surface area contributed by atoms with E-state index in [0.717, 1.165) is 31.4 Å². The molecule has 1 aliphatic rings. The summed E-state index contributed by atoms with van der Waals surface area (Å²) in [6.45, 7) is -3.80. The van der Waals surface area contributed by atoms with E-state index in [1.54, 1.807) is 0 Å². The summed E-state index contributed by atoms with van der Waals surface area (Å²) in [5, 5.41) is 14.1. The summed E-state index contributed by atoms with van der Waals surface area (Å²) in [5.41, 5.74) is -1.18. The van der Waals surface area contributed by atoms with Crippen molar-refractivity contribution >= 4 is 17.3 Å². The van der Waals surface area contributed by atoms with Gasteiger partial charge in [-0.3, -0.25) is 14.9 Å². The maximum Gasteiger partial charge on any atom is 0.406 e. The van der Waals surface area contributed by atoms with Gasteiger partial charge in [-0.2, -0.15) is 26.3 Å². The molecule has 1 aromatic rings. The maximum atomic E-state index is 12.6. The summed E-state index contributed by atoms with van der Waals surface area (Å²) < 4.78 is 75.4. The van der Waals surface area contributed by atoms with E-state index in [-0.39, 0.29) is 5.69 Å². The van der Waals surface area contributed by atoms with Gasteiger partial charge in [-0.1, -0.05) is 6.42 Å². The summed E-state index contributed by atoms with van der Waals surface area (Å²) in [6.07, 6.45) is -7.15. The lowest BCUT2D eigenvalue weighted by Gasteiger charge is -2.26. The van der Waals surface area contributed by atoms with Crippen LogP contribution in [0, 0.1) is 16.0 Å². The minimum Gasteiger partial charge on any atom is -0.379 e. The minimum atomic E-state index is -5.06. The SMILES string of the molecule is O=C(c1ccc(NCC2CCC2)c([N+](=O)[O-])c1)N(CC(F)(F)F)CC(F)(F)F. The van der Waals surface area contributed by atoms with Crippen molar-refractivity contribution in [2.75, 3.05) is 25.0 Å². The minimum absolute atomic E-state index is 0.0478. The van der Waals surface area contributed by atoms with E-state index in [2.05, 4.69) is 5.32 Å². The number of nitro groups is 1. The number of nitrogens with one attached hydrogen (secondary N) is 1. The molecule has 1 N–H and O–H groups in total. The molecule has 1 aliphatic carbocycles. The number of halogens is 6. The Morgan fingerprint density at radius 2 is 1.71 bits per heavy atom. The van der Waals surface area contributed by atoms with Crippen LogP contribution in [0.25, 0.3) is 0 Å². The highest BCUT2D eigenvalue weighted by molar-refractivity contribution is 5.95. The largest absolute Gasteiger partial charge is 0.406 e. The van der Waals surface area contributed by atoms with Gasteiger partial charge < -0.3 is 10.2 Å². The monoisotopic (exact) mass is 413 g/mol. The van der Waals surface area contributed by atoms with E-state index < -0.39 is 52.4 Å². The van der Waals surface area contributed by atoms with E-state index in [1.807, 2.05) is 0 Å². The number of alkyl halides is 6. The van der Waals surface area contributed by atoms with Crippen LogP contribution in [0.15, 0.2) is 18.2 Å². The van der Waals surface area contributed by atoms with Crippen molar-refractivity contribution in [3.63, 3.8) is 0 Å². The number of hydrogen-bond donors (Lipinski definition) is 1. The molecule has 0 heterocycles. The van der Waals surface area contributed by atoms with Gasteiger partial charge in [-0.15, -0.1) is 0 Å². The lowest BCUT2D eigenvalue weighted by Crippen LogP contribution is -2.44. The van der Waals surface area contributed by atoms with Crippen LogP contribution in [-0.2, 0) is 0 Å². The number of rotatable bonds is 7. The quantitative estimate of drug-likeness (QED) is 0.409. The predicted molar refractivity (Wildman–Crippen MR) is 86.9 cm³/mol. The molecule has 1 aromatic carbocycles. The highest BCUT2D eigenvalue weighted by atomic mass is 19.4. The Morgan fingerprint density at radius 3 is 2.14 bits per heavy atom. The van der Waals surface area contributed by atoms with Crippen molar-refractivity contribution in [1.82, 2.24) is 4.90 Å². The first-order valence-corrected chi connectivity index (χ1v) is 8.31. The summed E-state index contributed by atoms with van der Waals surface area (Å²) in [6, 6.07) is 2.77. The fraction of sp³-hybridized carbons (Fsp3) is 0.562. The van der Waals surface area contributed by atoms with E-state index >= 15 is 0 Å². The number of hydrogen-bond acceptors (Lipinski definition) is 4. The number of carbonyl (C=O) groups excluding carboxylic acids is 1. The molecule has 2 rings (SSSR count). The molecule has 1 saturated carbocycles. The van der Waals surface area contributed by atoms with Crippen LogP contribution in [0.1, 0.15) is 29.6 Å². The molecule has 12 heteroatoms. The van der Waals surface area contributed by atoms with Gasteiger partial charge in [0.1, 0.15) is 18.8 Å². The Morgan fingerprint density at radius 1 is 1.14 bits per heavy atom. The van der Waals surface area contributed by atoms with Crippen molar-refractivity contribution < 1.29 is 36.1 Å². The lowest BCUT2D eigenvalue weighted by atomic mass is 9.85. The molecule has 0 spiro atoms. The Bertz CT molecular complexity index is 715. The third kappa shape index (κ3) is 6.27. The normalized spacial score (nSPS) is 15.1. The van der Waals surface area contributed by atoms with Gasteiger partial charge in [0, 0.05) is 18.2 Å². The van der Waals surface area contributed by atoms with Crippen molar-refractivity contribution in [2.45, 2.75) is 31.6 Å². The highest BCUT2D eigenvalue weighted by Gasteiger charge is 2.40. The van der Waals surface area contributed by atoms with Crippen LogP contribution in [-0.4, -0.2) is 47.7 Å². The van der Waals surface area contributed by atoms with Crippen LogP contribution in [0.5, 0.6) is 0 Å². The maximum absolute atomic E-state index is 12.6. The molecule has 0 aromatic heterocycles. The van der Waals surface area contributed by atoms with Crippen LogP contribution in [0.4, 0.5) is 37.7 Å². The van der Waals surface area contributed by atoms with Gasteiger partial charge in [0.15, 0.2) is 0 Å². The Kier molecular flexibility index (Phi) is 6.40. The number of amides is 1. The van der Waals surface area contributed by atoms with Gasteiger partial charge in [0.05, 0.1) is 4.92 Å². The molecule has 0 bridgehead atoms. The smallest absolute Gasteiger partial charge is 0.379 e. The predicted octanol–water partition coefficient (Wildman–Crippen LogP) is 4.37. The van der Waals surface area contributed by atoms with Gasteiger partial charge >= 0.3 is 12.4 Å². The van der Waals surface area contributed by atoms with E-state index in [9.17, 15) is 41.3 Å². The van der Waals surface area contributed by atoms with Crippen LogP contribution >= 0.6 is 0 Å². The third-order valence-corrected chi connectivity index (χ3v) is 4.27.